The van der Waals surface area contributed by atoms with Crippen LogP contribution in [0.4, 0.5) is 0 Å². The predicted molar refractivity (Wildman–Crippen MR) is 111 cm³/mol. The molecule has 5 heteroatoms. The van der Waals surface area contributed by atoms with Crippen molar-refractivity contribution in [2.75, 3.05) is 6.54 Å². The summed E-state index contributed by atoms with van der Waals surface area (Å²) in [4.78, 5) is 23.9. The first kappa shape index (κ1) is 21.6. The van der Waals surface area contributed by atoms with Crippen molar-refractivity contribution in [1.82, 2.24) is 10.8 Å². The summed E-state index contributed by atoms with van der Waals surface area (Å²) < 4.78 is 0. The minimum atomic E-state index is -0.535. The third-order valence-corrected chi connectivity index (χ3v) is 4.70. The Balaban J connectivity index is 1.89. The van der Waals surface area contributed by atoms with Crippen molar-refractivity contribution in [3.8, 4) is 11.1 Å². The van der Waals surface area contributed by atoms with E-state index in [4.69, 9.17) is 5.21 Å². The summed E-state index contributed by atoms with van der Waals surface area (Å²) >= 11 is 0. The number of carbonyl (C=O) groups excluding carboxylic acids is 2. The molecule has 5 nitrogen and oxygen atoms in total. The van der Waals surface area contributed by atoms with E-state index < -0.39 is 11.8 Å². The first-order valence-corrected chi connectivity index (χ1v) is 9.75. The van der Waals surface area contributed by atoms with Gasteiger partial charge in [0, 0.05) is 18.9 Å². The molecule has 2 aromatic rings. The number of aryl methyl sites for hydroxylation is 1. The minimum Gasteiger partial charge on any atom is -0.356 e. The molecule has 0 aliphatic heterocycles. The molecular weight excluding hydrogens is 352 g/mol. The Bertz CT molecular complexity index is 785. The maximum Gasteiger partial charge on any atom is 0.244 e. The van der Waals surface area contributed by atoms with Crippen LogP contribution in [-0.2, 0) is 16.0 Å². The molecule has 0 aliphatic rings. The van der Waals surface area contributed by atoms with Gasteiger partial charge in [-0.1, -0.05) is 67.9 Å². The molecule has 0 aliphatic carbocycles. The van der Waals surface area contributed by atoms with Crippen LogP contribution in [-0.4, -0.2) is 23.6 Å². The highest BCUT2D eigenvalue weighted by molar-refractivity contribution is 5.85. The van der Waals surface area contributed by atoms with Gasteiger partial charge in [-0.2, -0.15) is 0 Å². The summed E-state index contributed by atoms with van der Waals surface area (Å²) in [5, 5.41) is 11.6. The Hall–Kier alpha value is -2.66. The SMILES string of the molecule is Cc1cccc(-c2ccc(CCNC(=O)C(CC(=O)NO)CC(C)C)cc2)c1. The molecule has 0 radical (unpaired) electrons. The number of benzene rings is 2. The summed E-state index contributed by atoms with van der Waals surface area (Å²) in [5.41, 5.74) is 6.35. The molecule has 2 rings (SSSR count). The van der Waals surface area contributed by atoms with Gasteiger partial charge in [0.2, 0.25) is 11.8 Å². The van der Waals surface area contributed by atoms with Crippen LogP contribution in [0.3, 0.4) is 0 Å². The van der Waals surface area contributed by atoms with Gasteiger partial charge >= 0.3 is 0 Å². The third-order valence-electron chi connectivity index (χ3n) is 4.70. The average molecular weight is 383 g/mol. The quantitative estimate of drug-likeness (QED) is 0.455. The highest BCUT2D eigenvalue weighted by Gasteiger charge is 2.22. The molecule has 0 saturated carbocycles. The van der Waals surface area contributed by atoms with Crippen LogP contribution < -0.4 is 10.8 Å². The van der Waals surface area contributed by atoms with Gasteiger partial charge in [-0.3, -0.25) is 14.8 Å². The highest BCUT2D eigenvalue weighted by Crippen LogP contribution is 2.21. The number of hydroxylamine groups is 1. The predicted octanol–water partition coefficient (Wildman–Crippen LogP) is 3.88. The second kappa shape index (κ2) is 10.6. The van der Waals surface area contributed by atoms with Crippen molar-refractivity contribution in [2.45, 2.75) is 40.0 Å². The maximum atomic E-state index is 12.4. The molecule has 1 unspecified atom stereocenters. The second-order valence-corrected chi connectivity index (χ2v) is 7.67. The van der Waals surface area contributed by atoms with Crippen molar-refractivity contribution in [1.29, 1.82) is 0 Å². The van der Waals surface area contributed by atoms with Gasteiger partial charge in [-0.15, -0.1) is 0 Å². The molecule has 0 spiro atoms. The normalized spacial score (nSPS) is 11.9. The molecule has 0 fully saturated rings. The van der Waals surface area contributed by atoms with Crippen LogP contribution in [0.5, 0.6) is 0 Å². The molecule has 0 aromatic heterocycles. The van der Waals surface area contributed by atoms with Crippen molar-refractivity contribution in [3.05, 3.63) is 59.7 Å². The molecule has 2 amide bonds. The smallest absolute Gasteiger partial charge is 0.244 e. The highest BCUT2D eigenvalue weighted by atomic mass is 16.5. The first-order valence-electron chi connectivity index (χ1n) is 9.75. The third kappa shape index (κ3) is 6.82. The van der Waals surface area contributed by atoms with Crippen LogP contribution in [0.25, 0.3) is 11.1 Å². The van der Waals surface area contributed by atoms with E-state index in [1.165, 1.54) is 16.7 Å². The van der Waals surface area contributed by atoms with Crippen molar-refractivity contribution in [3.63, 3.8) is 0 Å². The van der Waals surface area contributed by atoms with E-state index in [2.05, 4.69) is 60.8 Å². The maximum absolute atomic E-state index is 12.4. The molecule has 0 saturated heterocycles. The molecule has 0 bridgehead atoms. The fourth-order valence-corrected chi connectivity index (χ4v) is 3.28. The zero-order chi connectivity index (χ0) is 20.5. The Morgan fingerprint density at radius 3 is 2.36 bits per heavy atom. The molecule has 2 aromatic carbocycles. The van der Waals surface area contributed by atoms with E-state index in [1.807, 2.05) is 13.8 Å². The van der Waals surface area contributed by atoms with Crippen molar-refractivity contribution < 1.29 is 14.8 Å². The lowest BCUT2D eigenvalue weighted by molar-refractivity contribution is -0.135. The number of rotatable bonds is 9. The molecule has 28 heavy (non-hydrogen) atoms. The monoisotopic (exact) mass is 382 g/mol. The zero-order valence-electron chi connectivity index (χ0n) is 16.9. The summed E-state index contributed by atoms with van der Waals surface area (Å²) in [6.45, 7) is 6.61. The summed E-state index contributed by atoms with van der Waals surface area (Å²) in [6, 6.07) is 16.7. The van der Waals surface area contributed by atoms with Crippen LogP contribution in [0, 0.1) is 18.8 Å². The molecule has 0 heterocycles. The number of amides is 2. The number of hydrogen-bond donors (Lipinski definition) is 3. The van der Waals surface area contributed by atoms with E-state index in [1.54, 1.807) is 5.48 Å². The molecule has 3 N–H and O–H groups in total. The Morgan fingerprint density at radius 1 is 1.04 bits per heavy atom. The van der Waals surface area contributed by atoms with Gasteiger partial charge in [-0.05, 0) is 42.4 Å². The van der Waals surface area contributed by atoms with Gasteiger partial charge in [0.15, 0.2) is 0 Å². The minimum absolute atomic E-state index is 0.00823. The number of nitrogens with one attached hydrogen (secondary N) is 2. The first-order chi connectivity index (χ1) is 13.4. The van der Waals surface area contributed by atoms with Gasteiger partial charge < -0.3 is 5.32 Å². The number of carbonyl (C=O) groups is 2. The second-order valence-electron chi connectivity index (χ2n) is 7.67. The standard InChI is InChI=1S/C23H30N2O3/c1-16(2)13-21(15-22(26)25-28)23(27)24-12-11-18-7-9-19(10-8-18)20-6-4-5-17(3)14-20/h4-10,14,16,21,28H,11-13,15H2,1-3H3,(H,24,27)(H,25,26). The van der Waals surface area contributed by atoms with E-state index in [0.717, 1.165) is 12.0 Å². The number of hydrogen-bond acceptors (Lipinski definition) is 3. The van der Waals surface area contributed by atoms with E-state index in [9.17, 15) is 9.59 Å². The molecule has 150 valence electrons. The lowest BCUT2D eigenvalue weighted by Gasteiger charge is -2.17. The largest absolute Gasteiger partial charge is 0.356 e. The zero-order valence-corrected chi connectivity index (χ0v) is 16.9. The average Bonchev–Trinajstić information content (AvgIpc) is 2.67. The topological polar surface area (TPSA) is 78.4 Å². The fraction of sp³-hybridized carbons (Fsp3) is 0.391. The Kier molecular flexibility index (Phi) is 8.20. The summed E-state index contributed by atoms with van der Waals surface area (Å²) in [5.74, 6) is -0.825. The van der Waals surface area contributed by atoms with Crippen LogP contribution >= 0.6 is 0 Å². The lowest BCUT2D eigenvalue weighted by atomic mass is 9.93. The van der Waals surface area contributed by atoms with Gasteiger partial charge in [0.25, 0.3) is 0 Å². The van der Waals surface area contributed by atoms with Crippen LogP contribution in [0.15, 0.2) is 48.5 Å². The van der Waals surface area contributed by atoms with Crippen LogP contribution in [0.1, 0.15) is 37.8 Å². The van der Waals surface area contributed by atoms with Gasteiger partial charge in [0.1, 0.15) is 0 Å². The van der Waals surface area contributed by atoms with Gasteiger partial charge in [0.05, 0.1) is 0 Å². The molecule has 1 atom stereocenters. The van der Waals surface area contributed by atoms with E-state index in [-0.39, 0.29) is 18.2 Å². The van der Waals surface area contributed by atoms with Crippen molar-refractivity contribution >= 4 is 11.8 Å². The molecular formula is C23H30N2O3. The summed E-state index contributed by atoms with van der Waals surface area (Å²) in [6.07, 6.45) is 1.32. The lowest BCUT2D eigenvalue weighted by Crippen LogP contribution is -2.36. The summed E-state index contributed by atoms with van der Waals surface area (Å²) in [7, 11) is 0. The van der Waals surface area contributed by atoms with Gasteiger partial charge in [-0.25, -0.2) is 5.48 Å². The van der Waals surface area contributed by atoms with E-state index in [0.29, 0.717) is 13.0 Å². The van der Waals surface area contributed by atoms with E-state index >= 15 is 0 Å². The Morgan fingerprint density at radius 2 is 1.75 bits per heavy atom. The Labute approximate surface area is 167 Å². The van der Waals surface area contributed by atoms with Crippen LogP contribution in [0.2, 0.25) is 0 Å². The fourth-order valence-electron chi connectivity index (χ4n) is 3.28. The van der Waals surface area contributed by atoms with Crippen molar-refractivity contribution in [2.24, 2.45) is 11.8 Å².